The molecule has 14 heavy (non-hydrogen) atoms. The molecule has 1 saturated heterocycles. The first-order valence-corrected chi connectivity index (χ1v) is 5.49. The average molecular weight is 305 g/mol. The molecule has 2 rings (SSSR count). The summed E-state index contributed by atoms with van der Waals surface area (Å²) in [5.41, 5.74) is 1.21. The minimum atomic E-state index is 0.815. The van der Waals surface area contributed by atoms with Crippen molar-refractivity contribution in [1.82, 2.24) is 0 Å². The van der Waals surface area contributed by atoms with Crippen molar-refractivity contribution in [2.24, 2.45) is 0 Å². The second-order valence-electron chi connectivity index (χ2n) is 3.17. The summed E-state index contributed by atoms with van der Waals surface area (Å²) in [5.74, 6) is 0.898. The van der Waals surface area contributed by atoms with E-state index in [1.807, 2.05) is 35.1 Å². The zero-order chi connectivity index (χ0) is 9.80. The largest absolute Gasteiger partial charge is 0.428 e. The maximum Gasteiger partial charge on any atom is 0.192 e. The molecule has 1 aromatic carbocycles. The Hall–Kier alpha value is -0.490. The third-order valence-corrected chi connectivity index (χ3v) is 2.79. The molecular formula is C10H12INO2. The van der Waals surface area contributed by atoms with E-state index in [4.69, 9.17) is 7.80 Å². The van der Waals surface area contributed by atoms with Gasteiger partial charge in [0.15, 0.2) is 23.0 Å². The Bertz CT molecular complexity index is 300. The number of ether oxygens (including phenoxy) is 1. The van der Waals surface area contributed by atoms with Gasteiger partial charge in [0.25, 0.3) is 0 Å². The third kappa shape index (κ3) is 2.30. The molecule has 4 heteroatoms. The van der Waals surface area contributed by atoms with Crippen molar-refractivity contribution >= 4 is 28.7 Å². The van der Waals surface area contributed by atoms with Gasteiger partial charge in [0.1, 0.15) is 5.75 Å². The number of halogens is 1. The van der Waals surface area contributed by atoms with Crippen molar-refractivity contribution in [2.75, 3.05) is 31.2 Å². The van der Waals surface area contributed by atoms with Crippen LogP contribution >= 0.6 is 23.0 Å². The van der Waals surface area contributed by atoms with Crippen LogP contribution in [0.3, 0.4) is 0 Å². The first-order chi connectivity index (χ1) is 6.90. The van der Waals surface area contributed by atoms with E-state index in [-0.39, 0.29) is 0 Å². The molecule has 0 atom stereocenters. The number of morpholine rings is 1. The monoisotopic (exact) mass is 305 g/mol. The van der Waals surface area contributed by atoms with Crippen LogP contribution in [0.5, 0.6) is 5.75 Å². The highest BCUT2D eigenvalue weighted by Gasteiger charge is 2.11. The molecule has 0 unspecified atom stereocenters. The van der Waals surface area contributed by atoms with Crippen LogP contribution < -0.4 is 7.97 Å². The van der Waals surface area contributed by atoms with Gasteiger partial charge in [0, 0.05) is 24.8 Å². The molecule has 1 fully saturated rings. The molecule has 0 N–H and O–H groups in total. The lowest BCUT2D eigenvalue weighted by molar-refractivity contribution is 0.122. The van der Waals surface area contributed by atoms with Crippen molar-refractivity contribution in [3.63, 3.8) is 0 Å². The summed E-state index contributed by atoms with van der Waals surface area (Å²) in [6, 6.07) is 8.12. The average Bonchev–Trinajstić information content (AvgIpc) is 2.30. The van der Waals surface area contributed by atoms with E-state index in [0.29, 0.717) is 0 Å². The van der Waals surface area contributed by atoms with Crippen LogP contribution in [-0.4, -0.2) is 26.3 Å². The van der Waals surface area contributed by atoms with Crippen molar-refractivity contribution in [3.8, 4) is 5.75 Å². The molecule has 76 valence electrons. The number of nitrogens with zero attached hydrogens (tertiary/aromatic N) is 1. The molecular weight excluding hydrogens is 293 g/mol. The van der Waals surface area contributed by atoms with E-state index in [0.717, 1.165) is 32.1 Å². The fourth-order valence-electron chi connectivity index (χ4n) is 1.55. The first-order valence-electron chi connectivity index (χ1n) is 4.61. The van der Waals surface area contributed by atoms with E-state index >= 15 is 0 Å². The molecule has 0 amide bonds. The summed E-state index contributed by atoms with van der Waals surface area (Å²) in [4.78, 5) is 2.31. The standard InChI is InChI=1S/C10H12INO2/c11-14-10-3-1-2-9(8-10)12-4-6-13-7-5-12/h1-3,8H,4-7H2. The third-order valence-electron chi connectivity index (χ3n) is 2.28. The molecule has 1 aliphatic rings. The summed E-state index contributed by atoms with van der Waals surface area (Å²) in [6.07, 6.45) is 0. The predicted molar refractivity (Wildman–Crippen MR) is 64.1 cm³/mol. The van der Waals surface area contributed by atoms with Gasteiger partial charge in [-0.15, -0.1) is 0 Å². The van der Waals surface area contributed by atoms with Crippen LogP contribution in [0.25, 0.3) is 0 Å². The van der Waals surface area contributed by atoms with Crippen molar-refractivity contribution in [3.05, 3.63) is 24.3 Å². The molecule has 1 aromatic rings. The zero-order valence-corrected chi connectivity index (χ0v) is 9.94. The Balaban J connectivity index is 2.13. The van der Waals surface area contributed by atoms with Crippen LogP contribution in [0.1, 0.15) is 0 Å². The number of benzene rings is 1. The summed E-state index contributed by atoms with van der Waals surface area (Å²) < 4.78 is 10.5. The van der Waals surface area contributed by atoms with E-state index in [9.17, 15) is 0 Å². The second kappa shape index (κ2) is 4.84. The fraction of sp³-hybridized carbons (Fsp3) is 0.400. The number of hydrogen-bond donors (Lipinski definition) is 0. The number of rotatable bonds is 2. The maximum absolute atomic E-state index is 5.30. The van der Waals surface area contributed by atoms with Gasteiger partial charge in [0.2, 0.25) is 0 Å². The highest BCUT2D eigenvalue weighted by atomic mass is 127. The molecule has 3 nitrogen and oxygen atoms in total. The zero-order valence-electron chi connectivity index (χ0n) is 7.78. The molecule has 0 aliphatic carbocycles. The maximum atomic E-state index is 5.30. The molecule has 1 aliphatic heterocycles. The minimum absolute atomic E-state index is 0.815. The SMILES string of the molecule is IOc1cccc(N2CCOCC2)c1. The summed E-state index contributed by atoms with van der Waals surface area (Å²) >= 11 is 1.90. The summed E-state index contributed by atoms with van der Waals surface area (Å²) in [7, 11) is 0. The van der Waals surface area contributed by atoms with Crippen molar-refractivity contribution in [2.45, 2.75) is 0 Å². The van der Waals surface area contributed by atoms with Crippen LogP contribution in [0, 0.1) is 0 Å². The smallest absolute Gasteiger partial charge is 0.192 e. The fourth-order valence-corrected chi connectivity index (χ4v) is 1.82. The predicted octanol–water partition coefficient (Wildman–Crippen LogP) is 2.25. The Kier molecular flexibility index (Phi) is 3.47. The number of anilines is 1. The van der Waals surface area contributed by atoms with Crippen LogP contribution in [0.4, 0.5) is 5.69 Å². The Morgan fingerprint density at radius 3 is 2.79 bits per heavy atom. The Morgan fingerprint density at radius 2 is 2.07 bits per heavy atom. The van der Waals surface area contributed by atoms with Crippen LogP contribution in [0.2, 0.25) is 0 Å². The minimum Gasteiger partial charge on any atom is -0.428 e. The quantitative estimate of drug-likeness (QED) is 0.782. The van der Waals surface area contributed by atoms with E-state index in [2.05, 4.69) is 17.0 Å². The van der Waals surface area contributed by atoms with Gasteiger partial charge in [0.05, 0.1) is 13.2 Å². The highest BCUT2D eigenvalue weighted by molar-refractivity contribution is 14.1. The molecule has 0 bridgehead atoms. The van der Waals surface area contributed by atoms with Gasteiger partial charge in [-0.25, -0.2) is 0 Å². The lowest BCUT2D eigenvalue weighted by atomic mass is 10.2. The van der Waals surface area contributed by atoms with E-state index in [1.165, 1.54) is 5.69 Å². The first kappa shape index (κ1) is 10.0. The van der Waals surface area contributed by atoms with Gasteiger partial charge in [-0.05, 0) is 12.1 Å². The van der Waals surface area contributed by atoms with E-state index < -0.39 is 0 Å². The highest BCUT2D eigenvalue weighted by Crippen LogP contribution is 2.22. The van der Waals surface area contributed by atoms with E-state index in [1.54, 1.807) is 0 Å². The van der Waals surface area contributed by atoms with Gasteiger partial charge >= 0.3 is 0 Å². The van der Waals surface area contributed by atoms with Gasteiger partial charge in [-0.3, -0.25) is 0 Å². The molecule has 0 aromatic heterocycles. The molecule has 0 saturated carbocycles. The summed E-state index contributed by atoms with van der Waals surface area (Å²) in [5, 5.41) is 0. The van der Waals surface area contributed by atoms with Gasteiger partial charge in [-0.1, -0.05) is 6.07 Å². The molecule has 0 spiro atoms. The Morgan fingerprint density at radius 1 is 1.29 bits per heavy atom. The van der Waals surface area contributed by atoms with Crippen LogP contribution in [-0.2, 0) is 4.74 Å². The molecule has 0 radical (unpaired) electrons. The van der Waals surface area contributed by atoms with Crippen molar-refractivity contribution in [1.29, 1.82) is 0 Å². The number of hydrogen-bond acceptors (Lipinski definition) is 3. The lowest BCUT2D eigenvalue weighted by Crippen LogP contribution is -2.36. The van der Waals surface area contributed by atoms with Gasteiger partial charge in [-0.2, -0.15) is 0 Å². The molecule has 1 heterocycles. The second-order valence-corrected chi connectivity index (χ2v) is 3.61. The van der Waals surface area contributed by atoms with Crippen LogP contribution in [0.15, 0.2) is 24.3 Å². The Labute approximate surface area is 97.7 Å². The summed E-state index contributed by atoms with van der Waals surface area (Å²) in [6.45, 7) is 3.56. The normalized spacial score (nSPS) is 16.8. The lowest BCUT2D eigenvalue weighted by Gasteiger charge is -2.28. The topological polar surface area (TPSA) is 21.7 Å². The van der Waals surface area contributed by atoms with Gasteiger partial charge < -0.3 is 12.7 Å². The van der Waals surface area contributed by atoms with Crippen molar-refractivity contribution < 1.29 is 7.80 Å².